The van der Waals surface area contributed by atoms with Gasteiger partial charge in [-0.1, -0.05) is 30.3 Å². The largest absolute Gasteiger partial charge is 0.393 e. The number of carbonyl (C=O) groups is 1. The molecule has 1 aliphatic heterocycles. The molecular formula is C17H23NO2. The summed E-state index contributed by atoms with van der Waals surface area (Å²) in [6, 6.07) is 9.93. The summed E-state index contributed by atoms with van der Waals surface area (Å²) in [6.45, 7) is 5.22. The van der Waals surface area contributed by atoms with E-state index in [-0.39, 0.29) is 17.9 Å². The maximum absolute atomic E-state index is 12.3. The number of likely N-dealkylation sites (tertiary alicyclic amines) is 1. The summed E-state index contributed by atoms with van der Waals surface area (Å²) in [5.41, 5.74) is 2.06. The van der Waals surface area contributed by atoms with Crippen molar-refractivity contribution in [3.63, 3.8) is 0 Å². The van der Waals surface area contributed by atoms with E-state index in [9.17, 15) is 9.90 Å². The Hall–Kier alpha value is -1.61. The lowest BCUT2D eigenvalue weighted by Gasteiger charge is -2.33. The molecule has 2 unspecified atom stereocenters. The minimum Gasteiger partial charge on any atom is -0.393 e. The van der Waals surface area contributed by atoms with Crippen LogP contribution in [0.4, 0.5) is 0 Å². The average Bonchev–Trinajstić information content (AvgIpc) is 2.48. The van der Waals surface area contributed by atoms with E-state index >= 15 is 0 Å². The molecule has 1 amide bonds. The van der Waals surface area contributed by atoms with Crippen molar-refractivity contribution in [3.05, 3.63) is 42.0 Å². The van der Waals surface area contributed by atoms with Crippen LogP contribution in [0, 0.1) is 5.92 Å². The van der Waals surface area contributed by atoms with Crippen LogP contribution in [0.1, 0.15) is 32.3 Å². The van der Waals surface area contributed by atoms with Gasteiger partial charge in [-0.05, 0) is 37.8 Å². The van der Waals surface area contributed by atoms with Gasteiger partial charge in [0.15, 0.2) is 0 Å². The van der Waals surface area contributed by atoms with E-state index in [0.717, 1.165) is 30.5 Å². The lowest BCUT2D eigenvalue weighted by Crippen LogP contribution is -2.42. The zero-order valence-corrected chi connectivity index (χ0v) is 12.2. The van der Waals surface area contributed by atoms with Crippen LogP contribution in [0.5, 0.6) is 0 Å². The van der Waals surface area contributed by atoms with Crippen molar-refractivity contribution < 1.29 is 9.90 Å². The van der Waals surface area contributed by atoms with E-state index in [1.807, 2.05) is 49.1 Å². The Labute approximate surface area is 120 Å². The Bertz CT molecular complexity index is 479. The highest BCUT2D eigenvalue weighted by Gasteiger charge is 2.25. The number of allylic oxidation sites excluding steroid dienone is 1. The average molecular weight is 273 g/mol. The molecule has 0 bridgehead atoms. The number of nitrogens with zero attached hydrogens (tertiary/aromatic N) is 1. The Kier molecular flexibility index (Phi) is 4.96. The van der Waals surface area contributed by atoms with Crippen LogP contribution in [0.15, 0.2) is 36.4 Å². The number of rotatable bonds is 3. The molecule has 3 nitrogen and oxygen atoms in total. The molecule has 0 spiro atoms. The van der Waals surface area contributed by atoms with Crippen molar-refractivity contribution in [3.8, 4) is 0 Å². The number of aliphatic hydroxyl groups excluding tert-OH is 1. The second-order valence-electron chi connectivity index (χ2n) is 5.62. The highest BCUT2D eigenvalue weighted by molar-refractivity contribution is 5.94. The highest BCUT2D eigenvalue weighted by atomic mass is 16.3. The third-order valence-corrected chi connectivity index (χ3v) is 4.02. The number of hydrogen-bond acceptors (Lipinski definition) is 2. The molecule has 108 valence electrons. The zero-order valence-electron chi connectivity index (χ0n) is 12.2. The number of piperidine rings is 1. The Balaban J connectivity index is 2.04. The summed E-state index contributed by atoms with van der Waals surface area (Å²) in [6.07, 6.45) is 3.34. The second-order valence-corrected chi connectivity index (χ2v) is 5.62. The SMILES string of the molecule is C/C(=C/C(=O)N1CCCC(C(C)O)C1)c1ccccc1. The monoisotopic (exact) mass is 273 g/mol. The van der Waals surface area contributed by atoms with Gasteiger partial charge in [0, 0.05) is 25.1 Å². The molecule has 0 saturated carbocycles. The van der Waals surface area contributed by atoms with E-state index in [4.69, 9.17) is 0 Å². The molecule has 1 heterocycles. The summed E-state index contributed by atoms with van der Waals surface area (Å²) in [5.74, 6) is 0.259. The van der Waals surface area contributed by atoms with Gasteiger partial charge in [0.25, 0.3) is 0 Å². The van der Waals surface area contributed by atoms with Gasteiger partial charge < -0.3 is 10.0 Å². The molecule has 1 saturated heterocycles. The molecule has 1 N–H and O–H groups in total. The fourth-order valence-electron chi connectivity index (χ4n) is 2.66. The third kappa shape index (κ3) is 3.70. The predicted molar refractivity (Wildman–Crippen MR) is 81.1 cm³/mol. The standard InChI is InChI=1S/C17H23NO2/c1-13(15-7-4-3-5-8-15)11-17(20)18-10-6-9-16(12-18)14(2)19/h3-5,7-8,11,14,16,19H,6,9-10,12H2,1-2H3/b13-11-. The Morgan fingerprint density at radius 3 is 2.75 bits per heavy atom. The van der Waals surface area contributed by atoms with E-state index in [1.165, 1.54) is 0 Å². The maximum atomic E-state index is 12.3. The first-order valence-electron chi connectivity index (χ1n) is 7.28. The molecule has 1 fully saturated rings. The molecule has 2 rings (SSSR count). The quantitative estimate of drug-likeness (QED) is 0.860. The molecule has 0 radical (unpaired) electrons. The van der Waals surface area contributed by atoms with Crippen LogP contribution in [0.3, 0.4) is 0 Å². The van der Waals surface area contributed by atoms with Gasteiger partial charge in [-0.15, -0.1) is 0 Å². The van der Waals surface area contributed by atoms with Gasteiger partial charge in [0.1, 0.15) is 0 Å². The van der Waals surface area contributed by atoms with E-state index < -0.39 is 0 Å². The zero-order chi connectivity index (χ0) is 14.5. The number of hydrogen-bond donors (Lipinski definition) is 1. The molecule has 0 aromatic heterocycles. The summed E-state index contributed by atoms with van der Waals surface area (Å²) >= 11 is 0. The van der Waals surface area contributed by atoms with Crippen molar-refractivity contribution in [2.45, 2.75) is 32.8 Å². The van der Waals surface area contributed by atoms with Crippen LogP contribution in [0.2, 0.25) is 0 Å². The molecular weight excluding hydrogens is 250 g/mol. The van der Waals surface area contributed by atoms with E-state index in [2.05, 4.69) is 0 Å². The van der Waals surface area contributed by atoms with Crippen molar-refractivity contribution in [2.75, 3.05) is 13.1 Å². The Morgan fingerprint density at radius 2 is 2.10 bits per heavy atom. The first-order valence-corrected chi connectivity index (χ1v) is 7.28. The summed E-state index contributed by atoms with van der Waals surface area (Å²) in [7, 11) is 0. The lowest BCUT2D eigenvalue weighted by atomic mass is 9.93. The van der Waals surface area contributed by atoms with Crippen molar-refractivity contribution >= 4 is 11.5 Å². The molecule has 0 aliphatic carbocycles. The smallest absolute Gasteiger partial charge is 0.246 e. The first-order chi connectivity index (χ1) is 9.58. The number of amides is 1. The van der Waals surface area contributed by atoms with Gasteiger partial charge in [0.2, 0.25) is 5.91 Å². The minimum atomic E-state index is -0.343. The fourth-order valence-corrected chi connectivity index (χ4v) is 2.66. The van der Waals surface area contributed by atoms with Crippen LogP contribution in [-0.4, -0.2) is 35.1 Å². The predicted octanol–water partition coefficient (Wildman–Crippen LogP) is 2.71. The van der Waals surface area contributed by atoms with Crippen molar-refractivity contribution in [1.29, 1.82) is 0 Å². The summed E-state index contributed by atoms with van der Waals surface area (Å²) in [4.78, 5) is 14.2. The van der Waals surface area contributed by atoms with Gasteiger partial charge >= 0.3 is 0 Å². The van der Waals surface area contributed by atoms with Crippen LogP contribution < -0.4 is 0 Å². The maximum Gasteiger partial charge on any atom is 0.246 e. The molecule has 1 aromatic carbocycles. The molecule has 3 heteroatoms. The molecule has 20 heavy (non-hydrogen) atoms. The topological polar surface area (TPSA) is 40.5 Å². The molecule has 1 aliphatic rings. The first kappa shape index (κ1) is 14.8. The van der Waals surface area contributed by atoms with Gasteiger partial charge in [0.05, 0.1) is 6.10 Å². The second kappa shape index (κ2) is 6.71. The summed E-state index contributed by atoms with van der Waals surface area (Å²) in [5, 5.41) is 9.68. The van der Waals surface area contributed by atoms with Crippen LogP contribution in [0.25, 0.3) is 5.57 Å². The number of aliphatic hydroxyl groups is 1. The van der Waals surface area contributed by atoms with E-state index in [0.29, 0.717) is 6.54 Å². The van der Waals surface area contributed by atoms with Gasteiger partial charge in [-0.25, -0.2) is 0 Å². The molecule has 2 atom stereocenters. The van der Waals surface area contributed by atoms with Crippen LogP contribution in [-0.2, 0) is 4.79 Å². The lowest BCUT2D eigenvalue weighted by molar-refractivity contribution is -0.128. The Morgan fingerprint density at radius 1 is 1.40 bits per heavy atom. The van der Waals surface area contributed by atoms with Crippen LogP contribution >= 0.6 is 0 Å². The van der Waals surface area contributed by atoms with Gasteiger partial charge in [-0.3, -0.25) is 4.79 Å². The molecule has 1 aromatic rings. The van der Waals surface area contributed by atoms with E-state index in [1.54, 1.807) is 6.08 Å². The van der Waals surface area contributed by atoms with Gasteiger partial charge in [-0.2, -0.15) is 0 Å². The van der Waals surface area contributed by atoms with Crippen molar-refractivity contribution in [1.82, 2.24) is 4.90 Å². The number of carbonyl (C=O) groups excluding carboxylic acids is 1. The minimum absolute atomic E-state index is 0.0525. The summed E-state index contributed by atoms with van der Waals surface area (Å²) < 4.78 is 0. The van der Waals surface area contributed by atoms with Crippen molar-refractivity contribution in [2.24, 2.45) is 5.92 Å². The normalized spacial score (nSPS) is 21.6. The third-order valence-electron chi connectivity index (χ3n) is 4.02. The highest BCUT2D eigenvalue weighted by Crippen LogP contribution is 2.21. The number of benzene rings is 1. The fraction of sp³-hybridized carbons (Fsp3) is 0.471.